The van der Waals surface area contributed by atoms with E-state index in [0.717, 1.165) is 36.1 Å². The van der Waals surface area contributed by atoms with E-state index in [9.17, 15) is 4.79 Å². The van der Waals surface area contributed by atoms with Gasteiger partial charge in [0.25, 0.3) is 0 Å². The lowest BCUT2D eigenvalue weighted by Crippen LogP contribution is -2.78. The number of methoxy groups -OCH3 is 4. The maximum Gasteiger partial charge on any atom is 0.331 e. The lowest BCUT2D eigenvalue weighted by molar-refractivity contribution is -0.339. The predicted octanol–water partition coefficient (Wildman–Crippen LogP) is 3.88. The number of rotatable bonds is 7. The molecule has 2 aliphatic heterocycles. The van der Waals surface area contributed by atoms with E-state index in [1.54, 1.807) is 34.5 Å². The Balaban J connectivity index is 1.49. The summed E-state index contributed by atoms with van der Waals surface area (Å²) in [6.07, 6.45) is 3.84. The van der Waals surface area contributed by atoms with Gasteiger partial charge in [-0.15, -0.1) is 0 Å². The summed E-state index contributed by atoms with van der Waals surface area (Å²) in [7, 11) is 8.75. The third kappa shape index (κ3) is 3.09. The molecular weight excluding hydrogens is 486 g/mol. The molecule has 6 rings (SSSR count). The van der Waals surface area contributed by atoms with Crippen molar-refractivity contribution in [1.82, 2.24) is 4.90 Å². The van der Waals surface area contributed by atoms with Gasteiger partial charge in [-0.25, -0.2) is 4.79 Å². The van der Waals surface area contributed by atoms with Crippen LogP contribution in [0.2, 0.25) is 0 Å². The van der Waals surface area contributed by atoms with Crippen molar-refractivity contribution >= 4 is 12.0 Å². The molecule has 8 nitrogen and oxygen atoms in total. The number of benzene rings is 2. The molecule has 0 N–H and O–H groups in total. The van der Waals surface area contributed by atoms with Crippen LogP contribution < -0.4 is 9.47 Å². The molecule has 1 saturated carbocycles. The number of nitrogens with zero attached hydrogens (tertiary/aromatic N) is 1. The Bertz CT molecular complexity index is 1260. The van der Waals surface area contributed by atoms with Crippen LogP contribution in [0.3, 0.4) is 0 Å². The van der Waals surface area contributed by atoms with E-state index >= 15 is 0 Å². The maximum atomic E-state index is 13.2. The van der Waals surface area contributed by atoms with Gasteiger partial charge in [-0.3, -0.25) is 4.90 Å². The van der Waals surface area contributed by atoms with Gasteiger partial charge in [0, 0.05) is 37.7 Å². The minimum atomic E-state index is -1.17. The lowest BCUT2D eigenvalue weighted by atomic mass is 9.50. The van der Waals surface area contributed by atoms with Crippen molar-refractivity contribution in [2.45, 2.75) is 54.3 Å². The third-order valence-electron chi connectivity index (χ3n) is 9.39. The lowest BCUT2D eigenvalue weighted by Gasteiger charge is -2.61. The second kappa shape index (κ2) is 9.09. The van der Waals surface area contributed by atoms with Crippen molar-refractivity contribution in [3.05, 3.63) is 65.2 Å². The Morgan fingerprint density at radius 1 is 1.05 bits per heavy atom. The summed E-state index contributed by atoms with van der Waals surface area (Å²) >= 11 is 0. The highest BCUT2D eigenvalue weighted by atomic mass is 16.7. The molecule has 202 valence electrons. The Kier molecular flexibility index (Phi) is 6.07. The fraction of sp³-hybridized carbons (Fsp3) is 0.500. The standard InChI is InChI=1S/C30H35NO7/c1-31-16-15-28-17-23(37-24(32)14-11-19-9-7-6-8-10-19)27(35-4)30(36-5)29(28,31)18-22(38-30)20-12-13-21(33-2)26(34-3)25(20)28/h6-14,22-23,27H,15-18H2,1-5H3/b14-11+/t22-,23-,27-,28-,29-,30-/m1/s1. The van der Waals surface area contributed by atoms with E-state index < -0.39 is 34.9 Å². The van der Waals surface area contributed by atoms with Gasteiger partial charge >= 0.3 is 5.97 Å². The summed E-state index contributed by atoms with van der Waals surface area (Å²) < 4.78 is 37.3. The minimum absolute atomic E-state index is 0.233. The van der Waals surface area contributed by atoms with Gasteiger partial charge < -0.3 is 28.4 Å². The molecule has 3 fully saturated rings. The monoisotopic (exact) mass is 521 g/mol. The zero-order valence-electron chi connectivity index (χ0n) is 22.6. The van der Waals surface area contributed by atoms with E-state index in [4.69, 9.17) is 28.4 Å². The number of carbonyl (C=O) groups is 1. The summed E-state index contributed by atoms with van der Waals surface area (Å²) in [6, 6.07) is 13.7. The van der Waals surface area contributed by atoms with Crippen LogP contribution in [0.1, 0.15) is 42.1 Å². The number of likely N-dealkylation sites (tertiary alicyclic amines) is 1. The van der Waals surface area contributed by atoms with Crippen LogP contribution in [-0.4, -0.2) is 76.4 Å². The minimum Gasteiger partial charge on any atom is -0.493 e. The second-order valence-corrected chi connectivity index (χ2v) is 10.6. The van der Waals surface area contributed by atoms with E-state index in [2.05, 4.69) is 18.0 Å². The topological polar surface area (TPSA) is 75.7 Å². The van der Waals surface area contributed by atoms with Crippen LogP contribution in [0.25, 0.3) is 6.08 Å². The quantitative estimate of drug-likeness (QED) is 0.402. The molecule has 1 spiro atoms. The second-order valence-electron chi connectivity index (χ2n) is 10.6. The summed E-state index contributed by atoms with van der Waals surface area (Å²) in [5, 5.41) is 0. The number of carbonyl (C=O) groups excluding carboxylic acids is 1. The Morgan fingerprint density at radius 3 is 2.53 bits per heavy atom. The summed E-state index contributed by atoms with van der Waals surface area (Å²) in [4.78, 5) is 15.5. The van der Waals surface area contributed by atoms with E-state index in [1.165, 1.54) is 6.08 Å². The first-order valence-corrected chi connectivity index (χ1v) is 13.1. The van der Waals surface area contributed by atoms with E-state index in [-0.39, 0.29) is 6.10 Å². The van der Waals surface area contributed by atoms with Crippen LogP contribution in [0, 0.1) is 0 Å². The van der Waals surface area contributed by atoms with Gasteiger partial charge in [0.05, 0.1) is 25.9 Å². The van der Waals surface area contributed by atoms with Crippen molar-refractivity contribution in [1.29, 1.82) is 0 Å². The first-order valence-electron chi connectivity index (χ1n) is 13.1. The van der Waals surface area contributed by atoms with E-state index in [0.29, 0.717) is 17.9 Å². The van der Waals surface area contributed by atoms with E-state index in [1.807, 2.05) is 36.4 Å². The van der Waals surface area contributed by atoms with Gasteiger partial charge in [-0.2, -0.15) is 0 Å². The number of esters is 1. The third-order valence-corrected chi connectivity index (χ3v) is 9.39. The molecule has 0 radical (unpaired) electrons. The number of hydrogen-bond acceptors (Lipinski definition) is 8. The molecule has 0 unspecified atom stereocenters. The fourth-order valence-corrected chi connectivity index (χ4v) is 8.07. The molecule has 0 aromatic heterocycles. The van der Waals surface area contributed by atoms with Crippen LogP contribution in [-0.2, 0) is 29.2 Å². The molecule has 2 aliphatic carbocycles. The van der Waals surface area contributed by atoms with Gasteiger partial charge in [0.15, 0.2) is 11.5 Å². The number of hydrogen-bond donors (Lipinski definition) is 0. The smallest absolute Gasteiger partial charge is 0.331 e. The number of fused-ring (bicyclic) bond motifs is 3. The molecule has 38 heavy (non-hydrogen) atoms. The van der Waals surface area contributed by atoms with Crippen molar-refractivity contribution in [2.24, 2.45) is 0 Å². The average molecular weight is 522 g/mol. The van der Waals surface area contributed by atoms with Crippen LogP contribution in [0.15, 0.2) is 48.5 Å². The fourth-order valence-electron chi connectivity index (χ4n) is 8.07. The van der Waals surface area contributed by atoms with Crippen molar-refractivity contribution < 1.29 is 33.2 Å². The number of ether oxygens (including phenoxy) is 6. The predicted molar refractivity (Wildman–Crippen MR) is 140 cm³/mol. The summed E-state index contributed by atoms with van der Waals surface area (Å²) in [5.41, 5.74) is 2.02. The Labute approximate surface area is 223 Å². The zero-order chi connectivity index (χ0) is 26.7. The highest BCUT2D eigenvalue weighted by Crippen LogP contribution is 2.73. The van der Waals surface area contributed by atoms with Crippen LogP contribution >= 0.6 is 0 Å². The highest BCUT2D eigenvalue weighted by molar-refractivity contribution is 5.87. The molecule has 2 heterocycles. The van der Waals surface area contributed by atoms with Gasteiger partial charge in [-0.05, 0) is 49.7 Å². The Morgan fingerprint density at radius 2 is 1.84 bits per heavy atom. The van der Waals surface area contributed by atoms with Gasteiger partial charge in [-0.1, -0.05) is 36.4 Å². The van der Waals surface area contributed by atoms with Gasteiger partial charge in [0.1, 0.15) is 12.2 Å². The molecule has 2 bridgehead atoms. The SMILES string of the molecule is COc1ccc2c(c1OC)[C@]13CCN(C)[C@]14C[C@H]2O[C@]4(OC)[C@H](OC)[C@H](OC(=O)/C=C/c1ccccc1)C3. The average Bonchev–Trinajstić information content (AvgIpc) is 3.45. The maximum absolute atomic E-state index is 13.2. The summed E-state index contributed by atoms with van der Waals surface area (Å²) in [5.74, 6) is -0.230. The van der Waals surface area contributed by atoms with Crippen molar-refractivity contribution in [3.63, 3.8) is 0 Å². The first kappa shape index (κ1) is 25.4. The molecule has 2 aromatic carbocycles. The highest BCUT2D eigenvalue weighted by Gasteiger charge is 2.83. The zero-order valence-corrected chi connectivity index (χ0v) is 22.6. The molecule has 4 aliphatic rings. The molecule has 0 amide bonds. The molecule has 8 heteroatoms. The number of likely N-dealkylation sites (N-methyl/N-ethyl adjacent to an activating group) is 1. The summed E-state index contributed by atoms with van der Waals surface area (Å²) in [6.45, 7) is 0.825. The first-order chi connectivity index (χ1) is 18.4. The van der Waals surface area contributed by atoms with Crippen molar-refractivity contribution in [3.8, 4) is 11.5 Å². The molecule has 2 aromatic rings. The molecule has 6 atom stereocenters. The normalized spacial score (nSPS) is 35.1. The van der Waals surface area contributed by atoms with Crippen molar-refractivity contribution in [2.75, 3.05) is 42.0 Å². The molecule has 2 saturated heterocycles. The largest absolute Gasteiger partial charge is 0.493 e. The van der Waals surface area contributed by atoms with Crippen LogP contribution in [0.5, 0.6) is 11.5 Å². The van der Waals surface area contributed by atoms with Gasteiger partial charge in [0.2, 0.25) is 5.79 Å². The Hall–Kier alpha value is -2.91. The molecular formula is C30H35NO7. The van der Waals surface area contributed by atoms with Crippen LogP contribution in [0.4, 0.5) is 0 Å².